The van der Waals surface area contributed by atoms with Gasteiger partial charge in [0.1, 0.15) is 0 Å². The molecule has 1 N–H and O–H groups in total. The van der Waals surface area contributed by atoms with Gasteiger partial charge in [-0.15, -0.1) is 12.4 Å². The second-order valence-corrected chi connectivity index (χ2v) is 11.3. The number of halogens is 5. The summed E-state index contributed by atoms with van der Waals surface area (Å²) in [4.78, 5) is 14.7. The van der Waals surface area contributed by atoms with Crippen molar-refractivity contribution in [1.29, 1.82) is 0 Å². The maximum Gasteiger partial charge on any atom is 0.418 e. The molecule has 9 heteroatoms. The molecule has 0 saturated carbocycles. The van der Waals surface area contributed by atoms with E-state index in [4.69, 9.17) is 11.6 Å². The van der Waals surface area contributed by atoms with Gasteiger partial charge in [0.05, 0.1) is 22.6 Å². The number of aromatic nitrogens is 1. The van der Waals surface area contributed by atoms with Gasteiger partial charge < -0.3 is 14.8 Å². The van der Waals surface area contributed by atoms with E-state index in [0.29, 0.717) is 40.5 Å². The molecule has 0 bridgehead atoms. The summed E-state index contributed by atoms with van der Waals surface area (Å²) in [6, 6.07) is 22.0. The maximum atomic E-state index is 14.4. The number of alkyl halides is 3. The lowest BCUT2D eigenvalue weighted by molar-refractivity contribution is -0.137. The van der Waals surface area contributed by atoms with E-state index in [-0.39, 0.29) is 29.9 Å². The lowest BCUT2D eigenvalue weighted by Gasteiger charge is -2.21. The Morgan fingerprint density at radius 1 is 0.905 bits per heavy atom. The third kappa shape index (κ3) is 8.18. The number of carbonyl (C=O) groups excluding carboxylic acids is 1. The molecular formula is C33H36Cl2F3N3O. The van der Waals surface area contributed by atoms with Crippen molar-refractivity contribution in [3.05, 3.63) is 101 Å². The van der Waals surface area contributed by atoms with Crippen molar-refractivity contribution >= 4 is 29.9 Å². The highest BCUT2D eigenvalue weighted by Gasteiger charge is 2.35. The summed E-state index contributed by atoms with van der Waals surface area (Å²) in [6.07, 6.45) is -3.08. The van der Waals surface area contributed by atoms with Gasteiger partial charge in [0.2, 0.25) is 0 Å². The second kappa shape index (κ2) is 14.3. The molecular weight excluding hydrogens is 582 g/mol. The first-order valence-corrected chi connectivity index (χ1v) is 14.0. The summed E-state index contributed by atoms with van der Waals surface area (Å²) in [6.45, 7) is 5.50. The molecule has 1 aromatic heterocycles. The highest BCUT2D eigenvalue weighted by Crippen LogP contribution is 2.40. The lowest BCUT2D eigenvalue weighted by atomic mass is 9.99. The summed E-state index contributed by atoms with van der Waals surface area (Å²) in [7, 11) is 3.96. The SMILES string of the molecule is CC(C)Cc1ccc(C(F)(F)F)c(-n2c(-c3ccc(Cl)cc3)ccc2-c2ccc(C(=O)NCCCN(C)C)cc2)c1.Cl. The van der Waals surface area contributed by atoms with Crippen LogP contribution in [0.3, 0.4) is 0 Å². The van der Waals surface area contributed by atoms with Gasteiger partial charge in [-0.25, -0.2) is 0 Å². The fraction of sp³-hybridized carbons (Fsp3) is 0.303. The van der Waals surface area contributed by atoms with Gasteiger partial charge in [-0.1, -0.05) is 55.8 Å². The van der Waals surface area contributed by atoms with E-state index in [1.807, 2.05) is 40.1 Å². The Hall–Kier alpha value is -3.26. The minimum atomic E-state index is -4.56. The average Bonchev–Trinajstić information content (AvgIpc) is 3.35. The van der Waals surface area contributed by atoms with Gasteiger partial charge >= 0.3 is 6.18 Å². The van der Waals surface area contributed by atoms with Crippen molar-refractivity contribution in [3.8, 4) is 28.2 Å². The van der Waals surface area contributed by atoms with Crippen LogP contribution in [0.1, 0.15) is 41.8 Å². The van der Waals surface area contributed by atoms with Crippen LogP contribution in [0.2, 0.25) is 5.02 Å². The molecule has 0 radical (unpaired) electrons. The molecule has 0 fully saturated rings. The van der Waals surface area contributed by atoms with Crippen LogP contribution in [-0.4, -0.2) is 42.6 Å². The van der Waals surface area contributed by atoms with Crippen LogP contribution in [0.4, 0.5) is 13.2 Å². The molecule has 0 spiro atoms. The van der Waals surface area contributed by atoms with Crippen molar-refractivity contribution in [2.24, 2.45) is 5.92 Å². The number of hydrogen-bond acceptors (Lipinski definition) is 2. The number of benzene rings is 3. The van der Waals surface area contributed by atoms with Gasteiger partial charge in [-0.3, -0.25) is 4.79 Å². The molecule has 0 unspecified atom stereocenters. The fourth-order valence-corrected chi connectivity index (χ4v) is 4.99. The van der Waals surface area contributed by atoms with Gasteiger partial charge in [-0.05, 0) is 105 Å². The van der Waals surface area contributed by atoms with Crippen LogP contribution in [0, 0.1) is 5.92 Å². The van der Waals surface area contributed by atoms with Crippen LogP contribution in [0.25, 0.3) is 28.2 Å². The van der Waals surface area contributed by atoms with E-state index in [2.05, 4.69) is 10.2 Å². The molecule has 0 atom stereocenters. The van der Waals surface area contributed by atoms with E-state index < -0.39 is 11.7 Å². The zero-order chi connectivity index (χ0) is 29.7. The zero-order valence-corrected chi connectivity index (χ0v) is 25.7. The summed E-state index contributed by atoms with van der Waals surface area (Å²) < 4.78 is 44.8. The van der Waals surface area contributed by atoms with Crippen LogP contribution >= 0.6 is 24.0 Å². The van der Waals surface area contributed by atoms with Crippen molar-refractivity contribution in [2.75, 3.05) is 27.2 Å². The summed E-state index contributed by atoms with van der Waals surface area (Å²) >= 11 is 6.12. The summed E-state index contributed by atoms with van der Waals surface area (Å²) in [5, 5.41) is 3.46. The predicted octanol–water partition coefficient (Wildman–Crippen LogP) is 8.79. The monoisotopic (exact) mass is 617 g/mol. The van der Waals surface area contributed by atoms with Crippen molar-refractivity contribution in [1.82, 2.24) is 14.8 Å². The Kier molecular flexibility index (Phi) is 11.3. The number of nitrogens with zero attached hydrogens (tertiary/aromatic N) is 2. The van der Waals surface area contributed by atoms with Crippen molar-refractivity contribution in [3.63, 3.8) is 0 Å². The number of carbonyl (C=O) groups is 1. The van der Waals surface area contributed by atoms with Crippen LogP contribution in [0.5, 0.6) is 0 Å². The Morgan fingerprint density at radius 3 is 2.00 bits per heavy atom. The standard InChI is InChI=1S/C33H35ClF3N3O.ClH/c1-22(2)20-23-6-15-28(33(35,36)37)31(21-23)40-29(16-17-30(40)25-11-13-27(34)14-12-25)24-7-9-26(10-8-24)32(41)38-18-5-19-39(3)4;/h6-17,21-22H,5,18-20H2,1-4H3,(H,38,41);1H. The first-order chi connectivity index (χ1) is 19.4. The van der Waals surface area contributed by atoms with Crippen molar-refractivity contribution < 1.29 is 18.0 Å². The highest BCUT2D eigenvalue weighted by atomic mass is 35.5. The molecule has 0 aliphatic heterocycles. The van der Waals surface area contributed by atoms with E-state index >= 15 is 0 Å². The molecule has 1 heterocycles. The molecule has 0 aliphatic rings. The van der Waals surface area contributed by atoms with Crippen LogP contribution in [0.15, 0.2) is 78.9 Å². The average molecular weight is 619 g/mol. The number of rotatable bonds is 10. The van der Waals surface area contributed by atoms with Crippen molar-refractivity contribution in [2.45, 2.75) is 32.9 Å². The normalized spacial score (nSPS) is 11.6. The van der Waals surface area contributed by atoms with Gasteiger partial charge in [0.25, 0.3) is 5.91 Å². The first kappa shape index (κ1) is 33.2. The maximum absolute atomic E-state index is 14.4. The Labute approximate surface area is 256 Å². The third-order valence-corrected chi connectivity index (χ3v) is 7.04. The molecule has 0 aliphatic carbocycles. The molecule has 4 aromatic rings. The minimum absolute atomic E-state index is 0. The van der Waals surface area contributed by atoms with Crippen LogP contribution < -0.4 is 5.32 Å². The zero-order valence-electron chi connectivity index (χ0n) is 24.1. The third-order valence-electron chi connectivity index (χ3n) is 6.78. The van der Waals surface area contributed by atoms with E-state index in [9.17, 15) is 18.0 Å². The fourth-order valence-electron chi connectivity index (χ4n) is 4.86. The van der Waals surface area contributed by atoms with Gasteiger partial charge in [0, 0.05) is 17.1 Å². The molecule has 224 valence electrons. The predicted molar refractivity (Wildman–Crippen MR) is 168 cm³/mol. The van der Waals surface area contributed by atoms with Gasteiger partial charge in [0.15, 0.2) is 0 Å². The lowest BCUT2D eigenvalue weighted by Crippen LogP contribution is -2.27. The molecule has 4 rings (SSSR count). The highest BCUT2D eigenvalue weighted by molar-refractivity contribution is 6.30. The molecule has 4 nitrogen and oxygen atoms in total. The summed E-state index contributed by atoms with van der Waals surface area (Å²) in [5.41, 5.74) is 3.27. The van der Waals surface area contributed by atoms with Gasteiger partial charge in [-0.2, -0.15) is 13.2 Å². The Balaban J connectivity index is 0.00000484. The quantitative estimate of drug-likeness (QED) is 0.181. The minimum Gasteiger partial charge on any atom is -0.352 e. The van der Waals surface area contributed by atoms with E-state index in [0.717, 1.165) is 24.1 Å². The Morgan fingerprint density at radius 2 is 1.48 bits per heavy atom. The summed E-state index contributed by atoms with van der Waals surface area (Å²) in [5.74, 6) is 0.0920. The largest absolute Gasteiger partial charge is 0.418 e. The first-order valence-electron chi connectivity index (χ1n) is 13.7. The molecule has 1 amide bonds. The number of hydrogen-bond donors (Lipinski definition) is 1. The number of nitrogens with one attached hydrogen (secondary N) is 1. The smallest absolute Gasteiger partial charge is 0.352 e. The second-order valence-electron chi connectivity index (χ2n) is 10.9. The molecule has 42 heavy (non-hydrogen) atoms. The topological polar surface area (TPSA) is 37.3 Å². The Bertz CT molecular complexity index is 1480. The van der Waals surface area contributed by atoms with E-state index in [1.54, 1.807) is 65.2 Å². The van der Waals surface area contributed by atoms with Crippen LogP contribution in [-0.2, 0) is 12.6 Å². The van der Waals surface area contributed by atoms with E-state index in [1.165, 1.54) is 6.07 Å². The molecule has 0 saturated heterocycles. The molecule has 3 aromatic carbocycles. The number of amides is 1.